The smallest absolute Gasteiger partial charge is 0.274 e. The molecule has 2 aliphatic rings. The van der Waals surface area contributed by atoms with E-state index in [1.165, 1.54) is 6.07 Å². The number of hydrogen-bond acceptors (Lipinski definition) is 5. The zero-order valence-corrected chi connectivity index (χ0v) is 21.0. The topological polar surface area (TPSA) is 89.9 Å². The van der Waals surface area contributed by atoms with Gasteiger partial charge in [-0.2, -0.15) is 0 Å². The quantitative estimate of drug-likeness (QED) is 0.512. The van der Waals surface area contributed by atoms with Gasteiger partial charge in [-0.3, -0.25) is 14.4 Å². The highest BCUT2D eigenvalue weighted by Gasteiger charge is 2.41. The molecule has 10 heteroatoms. The van der Waals surface area contributed by atoms with E-state index >= 15 is 0 Å². The molecule has 0 bridgehead atoms. The third-order valence-electron chi connectivity index (χ3n) is 6.78. The Morgan fingerprint density at radius 2 is 1.92 bits per heavy atom. The van der Waals surface area contributed by atoms with Gasteiger partial charge >= 0.3 is 0 Å². The number of carbonyl (C=O) groups excluding carboxylic acids is 2. The van der Waals surface area contributed by atoms with Crippen LogP contribution in [0.25, 0.3) is 0 Å². The summed E-state index contributed by atoms with van der Waals surface area (Å²) in [5.41, 5.74) is 0.224. The van der Waals surface area contributed by atoms with Crippen LogP contribution in [0.5, 0.6) is 5.75 Å². The Kier molecular flexibility index (Phi) is 6.98. The summed E-state index contributed by atoms with van der Waals surface area (Å²) in [7, 11) is 0. The van der Waals surface area contributed by atoms with Gasteiger partial charge in [-0.1, -0.05) is 36.4 Å². The SMILES string of the molecule is CC(C)N1C[C@@H]2COCc3c(C(=O)NCc4ccc(F)cc4F)c(=O)c(OCc4ccccc4)c(n32)C1=O. The van der Waals surface area contributed by atoms with Gasteiger partial charge in [0.2, 0.25) is 5.43 Å². The van der Waals surface area contributed by atoms with Crippen LogP contribution < -0.4 is 15.5 Å². The number of carbonyl (C=O) groups is 2. The molecule has 5 rings (SSSR count). The summed E-state index contributed by atoms with van der Waals surface area (Å²) in [5.74, 6) is -2.89. The second kappa shape index (κ2) is 10.4. The fourth-order valence-corrected chi connectivity index (χ4v) is 4.88. The van der Waals surface area contributed by atoms with Crippen molar-refractivity contribution in [3.63, 3.8) is 0 Å². The van der Waals surface area contributed by atoms with Crippen LogP contribution in [0.3, 0.4) is 0 Å². The number of nitrogens with one attached hydrogen (secondary N) is 1. The molecule has 0 saturated heterocycles. The van der Waals surface area contributed by atoms with Gasteiger partial charge in [-0.05, 0) is 25.5 Å². The maximum Gasteiger partial charge on any atom is 0.274 e. The first kappa shape index (κ1) is 25.6. The van der Waals surface area contributed by atoms with Gasteiger partial charge < -0.3 is 24.3 Å². The number of rotatable bonds is 7. The van der Waals surface area contributed by atoms with Crippen molar-refractivity contribution >= 4 is 11.8 Å². The van der Waals surface area contributed by atoms with Gasteiger partial charge in [-0.25, -0.2) is 8.78 Å². The Bertz CT molecular complexity index is 1460. The Balaban J connectivity index is 1.59. The Hall–Kier alpha value is -4.05. The zero-order valence-electron chi connectivity index (χ0n) is 21.0. The molecule has 3 aromatic rings. The average Bonchev–Trinajstić information content (AvgIpc) is 2.89. The third-order valence-corrected chi connectivity index (χ3v) is 6.78. The summed E-state index contributed by atoms with van der Waals surface area (Å²) in [6.07, 6.45) is 0. The van der Waals surface area contributed by atoms with Crippen LogP contribution >= 0.6 is 0 Å². The van der Waals surface area contributed by atoms with E-state index in [2.05, 4.69) is 5.32 Å². The van der Waals surface area contributed by atoms with Gasteiger partial charge in [0, 0.05) is 30.8 Å². The number of hydrogen-bond donors (Lipinski definition) is 1. The molecule has 2 aliphatic heterocycles. The van der Waals surface area contributed by atoms with Crippen molar-refractivity contribution in [1.29, 1.82) is 0 Å². The molecule has 38 heavy (non-hydrogen) atoms. The van der Waals surface area contributed by atoms with E-state index in [9.17, 15) is 23.2 Å². The lowest BCUT2D eigenvalue weighted by molar-refractivity contribution is 0.0189. The molecule has 0 saturated carbocycles. The third kappa shape index (κ3) is 4.67. The lowest BCUT2D eigenvalue weighted by Gasteiger charge is -2.42. The molecule has 1 atom stereocenters. The molecule has 8 nitrogen and oxygen atoms in total. The van der Waals surface area contributed by atoms with Crippen LogP contribution in [0, 0.1) is 11.6 Å². The van der Waals surface area contributed by atoms with Crippen LogP contribution in [-0.4, -0.2) is 40.5 Å². The first-order valence-corrected chi connectivity index (χ1v) is 12.3. The van der Waals surface area contributed by atoms with Crippen molar-refractivity contribution in [2.75, 3.05) is 13.2 Å². The second-order valence-electron chi connectivity index (χ2n) is 9.61. The van der Waals surface area contributed by atoms with Crippen molar-refractivity contribution in [3.05, 3.63) is 98.5 Å². The normalized spacial score (nSPS) is 16.4. The molecule has 1 aromatic heterocycles. The number of ether oxygens (including phenoxy) is 2. The van der Waals surface area contributed by atoms with Gasteiger partial charge in [-0.15, -0.1) is 0 Å². The van der Waals surface area contributed by atoms with Gasteiger partial charge in [0.05, 0.1) is 24.9 Å². The maximum absolute atomic E-state index is 14.1. The molecule has 1 N–H and O–H groups in total. The second-order valence-corrected chi connectivity index (χ2v) is 9.61. The lowest BCUT2D eigenvalue weighted by Crippen LogP contribution is -2.51. The van der Waals surface area contributed by atoms with E-state index in [1.54, 1.807) is 9.47 Å². The molecular weight excluding hydrogens is 496 g/mol. The van der Waals surface area contributed by atoms with Crippen LogP contribution in [0.1, 0.15) is 57.6 Å². The number of pyridine rings is 1. The summed E-state index contributed by atoms with van der Waals surface area (Å²) in [6, 6.07) is 11.7. The Labute approximate surface area is 217 Å². The maximum atomic E-state index is 14.1. The van der Waals surface area contributed by atoms with Crippen LogP contribution in [0.2, 0.25) is 0 Å². The van der Waals surface area contributed by atoms with Crippen molar-refractivity contribution in [3.8, 4) is 5.75 Å². The minimum Gasteiger partial charge on any atom is -0.483 e. The minimum atomic E-state index is -0.816. The van der Waals surface area contributed by atoms with Crippen molar-refractivity contribution in [1.82, 2.24) is 14.8 Å². The highest BCUT2D eigenvalue weighted by Crippen LogP contribution is 2.34. The van der Waals surface area contributed by atoms with Gasteiger partial charge in [0.1, 0.15) is 23.8 Å². The Morgan fingerprint density at radius 1 is 1.16 bits per heavy atom. The van der Waals surface area contributed by atoms with E-state index in [1.807, 2.05) is 44.2 Å². The highest BCUT2D eigenvalue weighted by atomic mass is 19.1. The van der Waals surface area contributed by atoms with Crippen molar-refractivity contribution in [2.24, 2.45) is 0 Å². The summed E-state index contributed by atoms with van der Waals surface area (Å²) >= 11 is 0. The molecule has 198 valence electrons. The predicted molar refractivity (Wildman–Crippen MR) is 134 cm³/mol. The van der Waals surface area contributed by atoms with Crippen LogP contribution in [0.15, 0.2) is 53.3 Å². The Morgan fingerprint density at radius 3 is 2.63 bits per heavy atom. The van der Waals surface area contributed by atoms with Crippen molar-refractivity contribution < 1.29 is 27.8 Å². The molecule has 0 aliphatic carbocycles. The first-order chi connectivity index (χ1) is 18.3. The fraction of sp³-hybridized carbons (Fsp3) is 0.321. The van der Waals surface area contributed by atoms with E-state index < -0.39 is 23.0 Å². The molecule has 3 heterocycles. The highest BCUT2D eigenvalue weighted by molar-refractivity contribution is 6.00. The molecule has 0 unspecified atom stereocenters. The van der Waals surface area contributed by atoms with E-state index in [4.69, 9.17) is 9.47 Å². The minimum absolute atomic E-state index is 0.0143. The van der Waals surface area contributed by atoms with Gasteiger partial charge in [0.15, 0.2) is 11.4 Å². The number of halogens is 2. The van der Waals surface area contributed by atoms with Crippen molar-refractivity contribution in [2.45, 2.75) is 45.7 Å². The van der Waals surface area contributed by atoms with Crippen LogP contribution in [-0.2, 0) is 24.5 Å². The number of aromatic nitrogens is 1. The monoisotopic (exact) mass is 523 g/mol. The van der Waals surface area contributed by atoms with Gasteiger partial charge in [0.25, 0.3) is 11.8 Å². The molecule has 2 amide bonds. The fourth-order valence-electron chi connectivity index (χ4n) is 4.88. The average molecular weight is 524 g/mol. The zero-order chi connectivity index (χ0) is 27.0. The first-order valence-electron chi connectivity index (χ1n) is 12.3. The predicted octanol–water partition coefficient (Wildman–Crippen LogP) is 3.57. The number of amides is 2. The van der Waals surface area contributed by atoms with E-state index in [-0.39, 0.29) is 66.0 Å². The van der Waals surface area contributed by atoms with Crippen LogP contribution in [0.4, 0.5) is 8.78 Å². The number of benzene rings is 2. The number of nitrogens with zero attached hydrogens (tertiary/aromatic N) is 2. The molecule has 0 spiro atoms. The standard InChI is InChI=1S/C28H27F2N3O5/c1-16(2)32-12-20-14-37-15-22-23(27(35)31-11-18-8-9-19(29)10-21(18)30)25(34)26(24(28(32)36)33(20)22)38-13-17-6-4-3-5-7-17/h3-10,16,20H,11-15H2,1-2H3,(H,31,35)/t20-/m1/s1. The molecule has 2 aromatic carbocycles. The summed E-state index contributed by atoms with van der Waals surface area (Å²) in [5, 5.41) is 2.55. The summed E-state index contributed by atoms with van der Waals surface area (Å²) < 4.78 is 40.8. The lowest BCUT2D eigenvalue weighted by atomic mass is 10.0. The summed E-state index contributed by atoms with van der Waals surface area (Å²) in [6.45, 7) is 4.10. The summed E-state index contributed by atoms with van der Waals surface area (Å²) in [4.78, 5) is 42.4. The molecule has 0 radical (unpaired) electrons. The molecule has 0 fully saturated rings. The molecular formula is C28H27F2N3O5. The van der Waals surface area contributed by atoms with E-state index in [0.717, 1.165) is 17.7 Å². The largest absolute Gasteiger partial charge is 0.483 e. The van der Waals surface area contributed by atoms with E-state index in [0.29, 0.717) is 13.2 Å².